The zero-order chi connectivity index (χ0) is 37.6. The number of aromatic hydroxyl groups is 3. The molecule has 0 spiro atoms. The summed E-state index contributed by atoms with van der Waals surface area (Å²) in [5, 5.41) is 48.2. The molecule has 7 aromatic rings. The average Bonchev–Trinajstić information content (AvgIpc) is 3.20. The molecule has 0 bridgehead atoms. The van der Waals surface area contributed by atoms with Crippen LogP contribution in [0.25, 0.3) is 32.3 Å². The van der Waals surface area contributed by atoms with Gasteiger partial charge < -0.3 is 15.3 Å². The highest BCUT2D eigenvalue weighted by atomic mass is 16.3. The van der Waals surface area contributed by atoms with E-state index in [0.717, 1.165) is 16.2 Å². The average molecular weight is 715 g/mol. The number of carbonyl (C=O) groups is 3. The summed E-state index contributed by atoms with van der Waals surface area (Å²) in [4.78, 5) is 40.2. The molecule has 0 unspecified atom stereocenters. The van der Waals surface area contributed by atoms with Gasteiger partial charge in [-0.05, 0) is 68.7 Å². The number of hydrogen-bond acceptors (Lipinski definition) is 9. The summed E-state index contributed by atoms with van der Waals surface area (Å²) in [7, 11) is 0. The molecule has 0 aliphatic rings. The van der Waals surface area contributed by atoms with Crippen molar-refractivity contribution in [3.63, 3.8) is 0 Å². The largest absolute Gasteiger partial charge is 0.507 e. The van der Waals surface area contributed by atoms with Gasteiger partial charge in [0.25, 0.3) is 17.7 Å². The van der Waals surface area contributed by atoms with Crippen LogP contribution in [0, 0.1) is 0 Å². The molecule has 264 valence electrons. The van der Waals surface area contributed by atoms with Gasteiger partial charge in [-0.25, -0.2) is 16.3 Å². The molecule has 7 aromatic carbocycles. The number of hydrazone groups is 3. The Morgan fingerprint density at radius 2 is 0.685 bits per heavy atom. The topological polar surface area (TPSA) is 185 Å². The summed E-state index contributed by atoms with van der Waals surface area (Å²) in [6.07, 6.45) is 3.90. The number of hydrogen-bond donors (Lipinski definition) is 6. The van der Waals surface area contributed by atoms with Crippen LogP contribution >= 0.6 is 0 Å². The summed E-state index contributed by atoms with van der Waals surface area (Å²) in [6, 6.07) is 35.6. The van der Waals surface area contributed by atoms with Crippen molar-refractivity contribution in [3.8, 4) is 17.2 Å². The van der Waals surface area contributed by atoms with Crippen LogP contribution in [0.5, 0.6) is 17.2 Å². The number of amides is 3. The van der Waals surface area contributed by atoms with Gasteiger partial charge >= 0.3 is 0 Å². The van der Waals surface area contributed by atoms with E-state index in [-0.39, 0.29) is 33.9 Å². The number of fused-ring (bicyclic) bond motifs is 3. The van der Waals surface area contributed by atoms with E-state index in [4.69, 9.17) is 0 Å². The van der Waals surface area contributed by atoms with Crippen molar-refractivity contribution in [2.75, 3.05) is 0 Å². The van der Waals surface area contributed by atoms with Crippen LogP contribution in [0.3, 0.4) is 0 Å². The molecule has 0 aliphatic carbocycles. The third-order valence-electron chi connectivity index (χ3n) is 8.64. The minimum absolute atomic E-state index is 0.0425. The van der Waals surface area contributed by atoms with Gasteiger partial charge in [-0.3, -0.25) is 14.4 Å². The van der Waals surface area contributed by atoms with Gasteiger partial charge in [-0.2, -0.15) is 15.3 Å². The lowest BCUT2D eigenvalue weighted by atomic mass is 10.0. The maximum absolute atomic E-state index is 13.4. The molecule has 12 heteroatoms. The second-order valence-electron chi connectivity index (χ2n) is 12.1. The second-order valence-corrected chi connectivity index (χ2v) is 12.1. The van der Waals surface area contributed by atoms with Crippen molar-refractivity contribution >= 4 is 68.7 Å². The highest BCUT2D eigenvalue weighted by molar-refractivity contribution is 6.07. The van der Waals surface area contributed by atoms with E-state index < -0.39 is 17.7 Å². The monoisotopic (exact) mass is 714 g/mol. The molecule has 6 N–H and O–H groups in total. The summed E-state index contributed by atoms with van der Waals surface area (Å²) in [5.41, 5.74) is 8.01. The van der Waals surface area contributed by atoms with Crippen LogP contribution in [0.2, 0.25) is 0 Å². The fourth-order valence-electron chi connectivity index (χ4n) is 5.94. The quantitative estimate of drug-likeness (QED) is 0.0727. The fraction of sp³-hybridized carbons (Fsp3) is 0. The lowest BCUT2D eigenvalue weighted by Crippen LogP contribution is -2.24. The first-order chi connectivity index (χ1) is 26.3. The van der Waals surface area contributed by atoms with E-state index >= 15 is 0 Å². The zero-order valence-electron chi connectivity index (χ0n) is 28.3. The second kappa shape index (κ2) is 15.2. The molecule has 0 radical (unpaired) electrons. The molecule has 0 saturated carbocycles. The van der Waals surface area contributed by atoms with Gasteiger partial charge in [0.05, 0.1) is 18.6 Å². The van der Waals surface area contributed by atoms with E-state index in [0.29, 0.717) is 32.8 Å². The van der Waals surface area contributed by atoms with Gasteiger partial charge in [0.1, 0.15) is 17.2 Å². The number of carbonyl (C=O) groups excluding carboxylic acids is 3. The van der Waals surface area contributed by atoms with Crippen molar-refractivity contribution in [2.24, 2.45) is 15.3 Å². The Balaban J connectivity index is 1.16. The van der Waals surface area contributed by atoms with Crippen LogP contribution in [-0.4, -0.2) is 51.7 Å². The molecule has 0 atom stereocenters. The molecule has 0 saturated heterocycles. The first-order valence-corrected chi connectivity index (χ1v) is 16.5. The number of phenolic OH excluding ortho intramolecular Hbond substituents is 3. The molecule has 0 aromatic heterocycles. The van der Waals surface area contributed by atoms with Gasteiger partial charge in [-0.15, -0.1) is 0 Å². The Hall–Kier alpha value is -7.86. The van der Waals surface area contributed by atoms with Crippen molar-refractivity contribution in [1.29, 1.82) is 0 Å². The van der Waals surface area contributed by atoms with Crippen molar-refractivity contribution in [1.82, 2.24) is 16.3 Å². The Bertz CT molecular complexity index is 2400. The lowest BCUT2D eigenvalue weighted by molar-refractivity contribution is 0.0954. The third-order valence-corrected chi connectivity index (χ3v) is 8.64. The molecule has 0 heterocycles. The summed E-state index contributed by atoms with van der Waals surface area (Å²) in [6.45, 7) is 0. The Morgan fingerprint density at radius 3 is 0.981 bits per heavy atom. The highest BCUT2D eigenvalue weighted by Crippen LogP contribution is 2.27. The van der Waals surface area contributed by atoms with Crippen molar-refractivity contribution in [3.05, 3.63) is 161 Å². The number of nitrogens with zero attached hydrogens (tertiary/aromatic N) is 3. The third kappa shape index (κ3) is 7.29. The normalized spacial score (nSPS) is 11.6. The van der Waals surface area contributed by atoms with Gasteiger partial charge in [0, 0.05) is 33.4 Å². The van der Waals surface area contributed by atoms with Crippen molar-refractivity contribution < 1.29 is 29.7 Å². The van der Waals surface area contributed by atoms with Crippen molar-refractivity contribution in [2.45, 2.75) is 0 Å². The number of rotatable bonds is 9. The molecule has 12 nitrogen and oxygen atoms in total. The van der Waals surface area contributed by atoms with Crippen LogP contribution in [0.15, 0.2) is 143 Å². The van der Waals surface area contributed by atoms with Crippen LogP contribution in [-0.2, 0) is 0 Å². The predicted octanol–water partition coefficient (Wildman–Crippen LogP) is 6.55. The highest BCUT2D eigenvalue weighted by Gasteiger charge is 2.17. The molecule has 54 heavy (non-hydrogen) atoms. The van der Waals surface area contributed by atoms with Crippen LogP contribution in [0.4, 0.5) is 0 Å². The minimum Gasteiger partial charge on any atom is -0.507 e. The van der Waals surface area contributed by atoms with Crippen LogP contribution in [0.1, 0.15) is 47.8 Å². The molecule has 0 aliphatic heterocycles. The summed E-state index contributed by atoms with van der Waals surface area (Å²) in [5.74, 6) is -2.41. The number of benzene rings is 7. The predicted molar refractivity (Wildman–Crippen MR) is 208 cm³/mol. The SMILES string of the molecule is O=C(N/N=C/c1c(O)ccc2ccccc12)c1cc(C(=O)N/N=C/c2c(O)ccc3ccccc23)cc(C(=O)N/N=C/c2c(O)ccc3ccccc23)c1. The number of phenols is 3. The Morgan fingerprint density at radius 1 is 0.407 bits per heavy atom. The van der Waals surface area contributed by atoms with Gasteiger partial charge in [0.2, 0.25) is 0 Å². The smallest absolute Gasteiger partial charge is 0.271 e. The Labute approximate surface area is 307 Å². The molecule has 3 amide bonds. The molecular weight excluding hydrogens is 684 g/mol. The maximum atomic E-state index is 13.4. The van der Waals surface area contributed by atoms with Crippen LogP contribution < -0.4 is 16.3 Å². The van der Waals surface area contributed by atoms with E-state index in [2.05, 4.69) is 31.6 Å². The molecule has 0 fully saturated rings. The Kier molecular flexibility index (Phi) is 9.72. The van der Waals surface area contributed by atoms with E-state index in [1.807, 2.05) is 54.6 Å². The van der Waals surface area contributed by atoms with E-state index in [1.165, 1.54) is 55.0 Å². The maximum Gasteiger partial charge on any atom is 0.271 e. The zero-order valence-corrected chi connectivity index (χ0v) is 28.3. The summed E-state index contributed by atoms with van der Waals surface area (Å²) >= 11 is 0. The summed E-state index contributed by atoms with van der Waals surface area (Å²) < 4.78 is 0. The standard InChI is InChI=1S/C42H30N6O6/c49-37-16-13-25-7-1-4-10-31(25)34(37)22-43-46-40(52)28-19-29(41(53)47-44-23-35-32-11-5-2-8-26(32)14-17-38(35)50)21-30(20-28)42(54)48-45-24-36-33-12-6-3-9-27(33)15-18-39(36)51/h1-24,49-51H,(H,46,52)(H,47,53)(H,48,54)/b43-22+,44-23+,45-24+. The molecule has 7 rings (SSSR count). The fourth-order valence-corrected chi connectivity index (χ4v) is 5.94. The lowest BCUT2D eigenvalue weighted by Gasteiger charge is -2.09. The number of nitrogens with one attached hydrogen (secondary N) is 3. The van der Waals surface area contributed by atoms with E-state index in [9.17, 15) is 29.7 Å². The van der Waals surface area contributed by atoms with Gasteiger partial charge in [0.15, 0.2) is 0 Å². The van der Waals surface area contributed by atoms with E-state index in [1.54, 1.807) is 36.4 Å². The van der Waals surface area contributed by atoms with Gasteiger partial charge in [-0.1, -0.05) is 91.0 Å². The minimum atomic E-state index is -0.761. The first kappa shape index (κ1) is 34.6. The first-order valence-electron chi connectivity index (χ1n) is 16.5. The molecular formula is C42H30N6O6.